The van der Waals surface area contributed by atoms with E-state index in [9.17, 15) is 0 Å². The van der Waals surface area contributed by atoms with Crippen molar-refractivity contribution >= 4 is 12.2 Å². The highest BCUT2D eigenvalue weighted by Crippen LogP contribution is 2.62. The van der Waals surface area contributed by atoms with E-state index in [-0.39, 0.29) is 5.41 Å². The second kappa shape index (κ2) is 13.9. The molecule has 2 aliphatic carbocycles. The van der Waals surface area contributed by atoms with Crippen molar-refractivity contribution < 1.29 is 0 Å². The Labute approximate surface area is 266 Å². The van der Waals surface area contributed by atoms with E-state index in [2.05, 4.69) is 120 Å². The first-order valence-corrected chi connectivity index (χ1v) is 18.1. The molecule has 0 fully saturated rings. The molecule has 2 aromatic rings. The summed E-state index contributed by atoms with van der Waals surface area (Å²) in [4.78, 5) is 0. The summed E-state index contributed by atoms with van der Waals surface area (Å²) in [5.41, 5.74) is 16.2. The maximum atomic E-state index is 2.68. The summed E-state index contributed by atoms with van der Waals surface area (Å²) in [7, 11) is 0. The molecule has 0 heterocycles. The van der Waals surface area contributed by atoms with Gasteiger partial charge in [-0.25, -0.2) is 0 Å². The third kappa shape index (κ3) is 6.51. The van der Waals surface area contributed by atoms with Gasteiger partial charge in [-0.2, -0.15) is 0 Å². The average molecular weight is 581 g/mol. The van der Waals surface area contributed by atoms with Crippen LogP contribution in [-0.2, 0) is 0 Å². The quantitative estimate of drug-likeness (QED) is 0.195. The van der Waals surface area contributed by atoms with Crippen LogP contribution in [0.3, 0.4) is 0 Å². The van der Waals surface area contributed by atoms with E-state index >= 15 is 0 Å². The fourth-order valence-corrected chi connectivity index (χ4v) is 8.69. The molecule has 2 aromatic carbocycles. The SMILES string of the molecule is CCCCCC1=Cc2c(C(C)C)ccc(C(C)C)c2C1C(C)(C)C1C(CCCCC)=Cc2c(C(C)C)ccc(C(C)C)c21. The highest BCUT2D eigenvalue weighted by atomic mass is 14.5. The molecule has 0 heteroatoms. The van der Waals surface area contributed by atoms with E-state index in [0.29, 0.717) is 35.5 Å². The van der Waals surface area contributed by atoms with E-state index in [0.717, 1.165) is 0 Å². The molecule has 0 aliphatic heterocycles. The van der Waals surface area contributed by atoms with Crippen molar-refractivity contribution in [1.82, 2.24) is 0 Å². The summed E-state index contributed by atoms with van der Waals surface area (Å²) in [5.74, 6) is 3.00. The van der Waals surface area contributed by atoms with Crippen LogP contribution in [0.4, 0.5) is 0 Å². The van der Waals surface area contributed by atoms with Crippen LogP contribution in [0.1, 0.15) is 214 Å². The van der Waals surface area contributed by atoms with Gasteiger partial charge in [0.15, 0.2) is 0 Å². The summed E-state index contributed by atoms with van der Waals surface area (Å²) in [6.07, 6.45) is 15.6. The van der Waals surface area contributed by atoms with Gasteiger partial charge in [0.05, 0.1) is 0 Å². The summed E-state index contributed by atoms with van der Waals surface area (Å²) in [6, 6.07) is 9.92. The van der Waals surface area contributed by atoms with E-state index in [1.165, 1.54) is 51.4 Å². The van der Waals surface area contributed by atoms with Gasteiger partial charge in [-0.05, 0) is 99.3 Å². The molecule has 2 aliphatic rings. The standard InChI is InChI=1S/C43H64/c1-13-15-17-19-31-25-37-33(27(3)4)21-23-35(29(7)8)39(37)41(31)43(11,12)42-32(20-18-16-14-2)26-38-34(28(5)6)22-24-36(30(9)10)40(38)42/h21-30,41-42H,13-20H2,1-12H3. The van der Waals surface area contributed by atoms with Crippen LogP contribution < -0.4 is 0 Å². The number of benzene rings is 2. The molecule has 0 N–H and O–H groups in total. The molecule has 2 unspecified atom stereocenters. The molecule has 0 bridgehead atoms. The lowest BCUT2D eigenvalue weighted by Crippen LogP contribution is -2.32. The first kappa shape index (κ1) is 33.8. The van der Waals surface area contributed by atoms with Crippen LogP contribution in [-0.4, -0.2) is 0 Å². The third-order valence-electron chi connectivity index (χ3n) is 10.8. The van der Waals surface area contributed by atoms with E-state index < -0.39 is 0 Å². The Morgan fingerprint density at radius 1 is 0.512 bits per heavy atom. The normalized spacial score (nSPS) is 18.2. The molecule has 0 saturated heterocycles. The van der Waals surface area contributed by atoms with Gasteiger partial charge < -0.3 is 0 Å². The van der Waals surface area contributed by atoms with Crippen molar-refractivity contribution in [2.75, 3.05) is 0 Å². The maximum absolute atomic E-state index is 2.68. The van der Waals surface area contributed by atoms with Crippen LogP contribution in [0, 0.1) is 5.41 Å². The topological polar surface area (TPSA) is 0 Å². The lowest BCUT2D eigenvalue weighted by molar-refractivity contribution is 0.264. The monoisotopic (exact) mass is 581 g/mol. The zero-order valence-corrected chi connectivity index (χ0v) is 30.1. The number of hydrogen-bond acceptors (Lipinski definition) is 0. The maximum Gasteiger partial charge on any atom is 0.0120 e. The van der Waals surface area contributed by atoms with Crippen molar-refractivity contribution in [3.05, 3.63) is 79.9 Å². The van der Waals surface area contributed by atoms with Crippen molar-refractivity contribution in [1.29, 1.82) is 0 Å². The summed E-state index contributed by atoms with van der Waals surface area (Å²) >= 11 is 0. The van der Waals surface area contributed by atoms with Crippen LogP contribution in [0.15, 0.2) is 35.4 Å². The molecule has 4 rings (SSSR count). The summed E-state index contributed by atoms with van der Waals surface area (Å²) < 4.78 is 0. The predicted molar refractivity (Wildman–Crippen MR) is 193 cm³/mol. The Morgan fingerprint density at radius 3 is 1.14 bits per heavy atom. The molecule has 0 saturated carbocycles. The molecular weight excluding hydrogens is 516 g/mol. The lowest BCUT2D eigenvalue weighted by Gasteiger charge is -2.44. The molecule has 0 radical (unpaired) electrons. The van der Waals surface area contributed by atoms with Gasteiger partial charge in [-0.3, -0.25) is 0 Å². The number of unbranched alkanes of at least 4 members (excludes halogenated alkanes) is 4. The summed E-state index contributed by atoms with van der Waals surface area (Å²) in [5, 5.41) is 0. The minimum atomic E-state index is 0.0606. The third-order valence-corrected chi connectivity index (χ3v) is 10.8. The molecule has 0 spiro atoms. The van der Waals surface area contributed by atoms with Gasteiger partial charge in [0.2, 0.25) is 0 Å². The van der Waals surface area contributed by atoms with Gasteiger partial charge in [-0.15, -0.1) is 0 Å². The highest BCUT2D eigenvalue weighted by Gasteiger charge is 2.48. The zero-order chi connectivity index (χ0) is 31.6. The molecule has 0 amide bonds. The Kier molecular flexibility index (Phi) is 10.9. The smallest absolute Gasteiger partial charge is 0.0120 e. The summed E-state index contributed by atoms with van der Waals surface area (Å²) in [6.45, 7) is 29.2. The van der Waals surface area contributed by atoms with Crippen LogP contribution in [0.5, 0.6) is 0 Å². The zero-order valence-electron chi connectivity index (χ0n) is 30.1. The number of hydrogen-bond donors (Lipinski definition) is 0. The van der Waals surface area contributed by atoms with Gasteiger partial charge in [0.25, 0.3) is 0 Å². The van der Waals surface area contributed by atoms with E-state index in [1.54, 1.807) is 55.7 Å². The Hall–Kier alpha value is -2.08. The fourth-order valence-electron chi connectivity index (χ4n) is 8.69. The van der Waals surface area contributed by atoms with Crippen LogP contribution >= 0.6 is 0 Å². The molecule has 0 nitrogen and oxygen atoms in total. The number of fused-ring (bicyclic) bond motifs is 2. The van der Waals surface area contributed by atoms with Gasteiger partial charge in [0.1, 0.15) is 0 Å². The molecule has 0 aromatic heterocycles. The molecule has 43 heavy (non-hydrogen) atoms. The molecule has 236 valence electrons. The number of rotatable bonds is 14. The molecular formula is C43H64. The predicted octanol–water partition coefficient (Wildman–Crippen LogP) is 14.0. The number of allylic oxidation sites excluding steroid dienone is 2. The van der Waals surface area contributed by atoms with Crippen molar-refractivity contribution in [3.63, 3.8) is 0 Å². The lowest BCUT2D eigenvalue weighted by atomic mass is 9.59. The highest BCUT2D eigenvalue weighted by molar-refractivity contribution is 5.76. The van der Waals surface area contributed by atoms with Crippen molar-refractivity contribution in [2.24, 2.45) is 5.41 Å². The minimum absolute atomic E-state index is 0.0606. The van der Waals surface area contributed by atoms with E-state index in [1.807, 2.05) is 0 Å². The first-order valence-electron chi connectivity index (χ1n) is 18.1. The van der Waals surface area contributed by atoms with E-state index in [4.69, 9.17) is 0 Å². The largest absolute Gasteiger partial charge is 0.0654 e. The van der Waals surface area contributed by atoms with Gasteiger partial charge >= 0.3 is 0 Å². The fraction of sp³-hybridized carbons (Fsp3) is 0.628. The van der Waals surface area contributed by atoms with Gasteiger partial charge in [0, 0.05) is 11.8 Å². The average Bonchev–Trinajstić information content (AvgIpc) is 3.51. The van der Waals surface area contributed by atoms with Crippen molar-refractivity contribution in [2.45, 2.75) is 170 Å². The molecule has 2 atom stereocenters. The van der Waals surface area contributed by atoms with Crippen LogP contribution in [0.25, 0.3) is 12.2 Å². The van der Waals surface area contributed by atoms with Crippen molar-refractivity contribution in [3.8, 4) is 0 Å². The Bertz CT molecular complexity index is 1220. The second-order valence-corrected chi connectivity index (χ2v) is 15.8. The Morgan fingerprint density at radius 2 is 0.837 bits per heavy atom. The van der Waals surface area contributed by atoms with Gasteiger partial charge in [-0.1, -0.05) is 156 Å². The first-order chi connectivity index (χ1) is 20.4. The minimum Gasteiger partial charge on any atom is -0.0654 e. The Balaban J connectivity index is 1.99. The van der Waals surface area contributed by atoms with Crippen LogP contribution in [0.2, 0.25) is 0 Å². The second-order valence-electron chi connectivity index (χ2n) is 15.8.